The van der Waals surface area contributed by atoms with Gasteiger partial charge in [-0.3, -0.25) is 13.6 Å². The highest BCUT2D eigenvalue weighted by Crippen LogP contribution is 2.39. The Hall–Kier alpha value is -1.19. The van der Waals surface area contributed by atoms with Crippen LogP contribution in [0.4, 0.5) is 0 Å². The van der Waals surface area contributed by atoms with Crippen LogP contribution >= 0.6 is 7.82 Å². The lowest BCUT2D eigenvalue weighted by atomic mass is 9.89. The Morgan fingerprint density at radius 1 is 1.16 bits per heavy atom. The first-order chi connectivity index (χ1) is 14.8. The number of quaternary nitrogens is 1. The van der Waals surface area contributed by atoms with Crippen LogP contribution in [0.5, 0.6) is 11.5 Å². The Bertz CT molecular complexity index is 772. The first-order valence-electron chi connectivity index (χ1n) is 10.8. The van der Waals surface area contributed by atoms with E-state index in [1.807, 2.05) is 18.2 Å². The average molecular weight is 459 g/mol. The van der Waals surface area contributed by atoms with Gasteiger partial charge in [0.25, 0.3) is 7.82 Å². The lowest BCUT2D eigenvalue weighted by Crippen LogP contribution is -2.61. The molecule has 5 atom stereocenters. The zero-order valence-corrected chi connectivity index (χ0v) is 19.2. The predicted molar refractivity (Wildman–Crippen MR) is 112 cm³/mol. The highest BCUT2D eigenvalue weighted by atomic mass is 31.2. The smallest absolute Gasteiger partial charge is 0.269 e. The third-order valence-electron chi connectivity index (χ3n) is 6.50. The molecule has 176 valence electrons. The third kappa shape index (κ3) is 6.42. The molecule has 1 aliphatic carbocycles. The normalized spacial score (nSPS) is 30.7. The summed E-state index contributed by atoms with van der Waals surface area (Å²) in [4.78, 5) is 20.4. The van der Waals surface area contributed by atoms with Crippen LogP contribution in [0.15, 0.2) is 18.2 Å². The highest BCUT2D eigenvalue weighted by molar-refractivity contribution is 7.44. The minimum atomic E-state index is -4.84. The van der Waals surface area contributed by atoms with Crippen LogP contribution in [0, 0.1) is 0 Å². The van der Waals surface area contributed by atoms with Gasteiger partial charge in [-0.1, -0.05) is 12.5 Å². The van der Waals surface area contributed by atoms with Gasteiger partial charge in [0.05, 0.1) is 27.4 Å². The van der Waals surface area contributed by atoms with Crippen molar-refractivity contribution in [3.8, 4) is 11.5 Å². The fraction of sp³-hybridized carbons (Fsp3) is 0.714. The van der Waals surface area contributed by atoms with Gasteiger partial charge in [-0.15, -0.1) is 0 Å². The molecule has 1 saturated carbocycles. The molecule has 2 N–H and O–H groups in total. The molecule has 2 aliphatic rings. The van der Waals surface area contributed by atoms with Crippen molar-refractivity contribution in [2.75, 3.05) is 40.6 Å². The van der Waals surface area contributed by atoms with Gasteiger partial charge < -0.3 is 29.1 Å². The van der Waals surface area contributed by atoms with Gasteiger partial charge in [-0.2, -0.15) is 0 Å². The standard InChI is InChI=1S/C21H34NO8P/c1-27-20-8-7-16(13-21(20)28-2)10-12-29-19-6-4-3-5-18(19)22(11-9-17(23)14-22)15-30-31(24,25)26/h7-8,13,17-19,23H,3-6,9-12,14-15H2,1-2H3,(H-,24,25,26)/t17-,18-,19-,22-/m0/s1. The van der Waals surface area contributed by atoms with E-state index in [2.05, 4.69) is 0 Å². The summed E-state index contributed by atoms with van der Waals surface area (Å²) >= 11 is 0. The largest absolute Gasteiger partial charge is 0.756 e. The van der Waals surface area contributed by atoms with Crippen molar-refractivity contribution >= 4 is 7.82 Å². The van der Waals surface area contributed by atoms with Crippen molar-refractivity contribution in [1.82, 2.24) is 0 Å². The summed E-state index contributed by atoms with van der Waals surface area (Å²) in [5, 5.41) is 10.2. The number of aliphatic hydroxyl groups excluding tert-OH is 1. The van der Waals surface area contributed by atoms with Crippen molar-refractivity contribution < 1.29 is 42.7 Å². The quantitative estimate of drug-likeness (QED) is 0.400. The molecule has 2 fully saturated rings. The zero-order valence-electron chi connectivity index (χ0n) is 18.3. The topological polar surface area (TPSA) is 118 Å². The lowest BCUT2D eigenvalue weighted by molar-refractivity contribution is -0.960. The first-order valence-corrected chi connectivity index (χ1v) is 12.3. The molecule has 1 heterocycles. The van der Waals surface area contributed by atoms with Gasteiger partial charge in [0.15, 0.2) is 18.2 Å². The van der Waals surface area contributed by atoms with Crippen LogP contribution in [-0.4, -0.2) is 73.4 Å². The summed E-state index contributed by atoms with van der Waals surface area (Å²) in [5.41, 5.74) is 1.07. The van der Waals surface area contributed by atoms with Crippen LogP contribution in [0.2, 0.25) is 0 Å². The number of likely N-dealkylation sites (tertiary alicyclic amines) is 1. The van der Waals surface area contributed by atoms with Gasteiger partial charge in [0, 0.05) is 12.8 Å². The maximum Gasteiger partial charge on any atom is 0.269 e. The molecule has 0 bridgehead atoms. The molecule has 3 rings (SSSR count). The molecular formula is C21H34NO8P. The number of hydrogen-bond donors (Lipinski definition) is 2. The summed E-state index contributed by atoms with van der Waals surface area (Å²) < 4.78 is 33.3. The predicted octanol–water partition coefficient (Wildman–Crippen LogP) is 1.59. The van der Waals surface area contributed by atoms with E-state index in [9.17, 15) is 14.6 Å². The minimum Gasteiger partial charge on any atom is -0.756 e. The first kappa shape index (κ1) is 24.5. The van der Waals surface area contributed by atoms with Crippen molar-refractivity contribution in [3.05, 3.63) is 23.8 Å². The van der Waals surface area contributed by atoms with Gasteiger partial charge in [0.2, 0.25) is 0 Å². The van der Waals surface area contributed by atoms with E-state index in [0.717, 1.165) is 31.2 Å². The summed E-state index contributed by atoms with van der Waals surface area (Å²) in [6, 6.07) is 5.81. The van der Waals surface area contributed by atoms with Crippen molar-refractivity contribution in [1.29, 1.82) is 0 Å². The second-order valence-corrected chi connectivity index (χ2v) is 9.69. The molecular weight excluding hydrogens is 425 g/mol. The van der Waals surface area contributed by atoms with E-state index in [1.165, 1.54) is 0 Å². The van der Waals surface area contributed by atoms with Crippen molar-refractivity contribution in [2.45, 2.75) is 56.8 Å². The minimum absolute atomic E-state index is 0.0165. The van der Waals surface area contributed by atoms with Crippen LogP contribution < -0.4 is 14.4 Å². The molecule has 1 aromatic carbocycles. The summed E-state index contributed by atoms with van der Waals surface area (Å²) in [5.74, 6) is 1.35. The van der Waals surface area contributed by atoms with Crippen LogP contribution in [0.1, 0.15) is 37.7 Å². The zero-order chi connectivity index (χ0) is 22.5. The average Bonchev–Trinajstić information content (AvgIpc) is 3.14. The number of phosphoric acid groups is 1. The van der Waals surface area contributed by atoms with E-state index < -0.39 is 13.9 Å². The Kier molecular flexibility index (Phi) is 8.37. The van der Waals surface area contributed by atoms with Crippen molar-refractivity contribution in [2.24, 2.45) is 0 Å². The SMILES string of the molecule is COc1ccc(CCO[C@H]2CCCC[C@@H]2[N@@+]2(COP(=O)([O-])O)CC[C@H](O)C2)cc1OC. The Balaban J connectivity index is 1.66. The fourth-order valence-corrected chi connectivity index (χ4v) is 5.35. The summed E-state index contributed by atoms with van der Waals surface area (Å²) in [7, 11) is -1.63. The van der Waals surface area contributed by atoms with E-state index in [-0.39, 0.29) is 18.9 Å². The molecule has 1 unspecified atom stereocenters. The third-order valence-corrected chi connectivity index (χ3v) is 6.94. The van der Waals surface area contributed by atoms with Crippen LogP contribution in [-0.2, 0) is 20.2 Å². The van der Waals surface area contributed by atoms with Gasteiger partial charge >= 0.3 is 0 Å². The lowest BCUT2D eigenvalue weighted by Gasteiger charge is -2.46. The Labute approximate surface area is 183 Å². The summed E-state index contributed by atoms with van der Waals surface area (Å²) in [6.07, 6.45) is 4.51. The number of hydrogen-bond acceptors (Lipinski definition) is 7. The Morgan fingerprint density at radius 3 is 2.55 bits per heavy atom. The number of aliphatic hydroxyl groups is 1. The molecule has 0 spiro atoms. The molecule has 31 heavy (non-hydrogen) atoms. The number of methoxy groups -OCH3 is 2. The molecule has 9 nitrogen and oxygen atoms in total. The number of phosphoric ester groups is 1. The maximum atomic E-state index is 11.2. The molecule has 1 aliphatic heterocycles. The number of rotatable bonds is 10. The molecule has 1 aromatic rings. The van der Waals surface area contributed by atoms with Crippen molar-refractivity contribution in [3.63, 3.8) is 0 Å². The molecule has 0 aromatic heterocycles. The highest BCUT2D eigenvalue weighted by Gasteiger charge is 2.48. The fourth-order valence-electron chi connectivity index (χ4n) is 4.97. The summed E-state index contributed by atoms with van der Waals surface area (Å²) in [6.45, 7) is 1.34. The van der Waals surface area contributed by atoms with Gasteiger partial charge in [-0.25, -0.2) is 0 Å². The van der Waals surface area contributed by atoms with Gasteiger partial charge in [0.1, 0.15) is 24.8 Å². The van der Waals surface area contributed by atoms with E-state index in [1.54, 1.807) is 14.2 Å². The van der Waals surface area contributed by atoms with Crippen LogP contribution in [0.25, 0.3) is 0 Å². The molecule has 10 heteroatoms. The molecule has 0 radical (unpaired) electrons. The van der Waals surface area contributed by atoms with Gasteiger partial charge in [-0.05, 0) is 37.0 Å². The number of benzene rings is 1. The second-order valence-electron chi connectivity index (χ2n) is 8.49. The van der Waals surface area contributed by atoms with E-state index in [0.29, 0.717) is 48.5 Å². The van der Waals surface area contributed by atoms with Crippen LogP contribution in [0.3, 0.4) is 0 Å². The monoisotopic (exact) mass is 459 g/mol. The van der Waals surface area contributed by atoms with E-state index >= 15 is 0 Å². The maximum absolute atomic E-state index is 11.2. The molecule has 0 amide bonds. The van der Waals surface area contributed by atoms with E-state index in [4.69, 9.17) is 23.6 Å². The second kappa shape index (κ2) is 10.6. The number of ether oxygens (including phenoxy) is 3. The Morgan fingerprint density at radius 2 is 1.90 bits per heavy atom. The molecule has 1 saturated heterocycles. The number of nitrogens with zero attached hydrogens (tertiary/aromatic N) is 1.